The van der Waals surface area contributed by atoms with Crippen molar-refractivity contribution in [2.75, 3.05) is 26.5 Å². The molecule has 0 aromatic heterocycles. The molecule has 3 heteroatoms. The van der Waals surface area contributed by atoms with E-state index in [1.165, 1.54) is 89.0 Å². The van der Waals surface area contributed by atoms with Crippen molar-refractivity contribution in [2.24, 2.45) is 35.5 Å². The molecule has 0 bridgehead atoms. The fraction of sp³-hybridized carbons (Fsp3) is 0.929. The molecule has 0 aliphatic heterocycles. The first-order valence-corrected chi connectivity index (χ1v) is 13.7. The highest BCUT2D eigenvalue weighted by Crippen LogP contribution is 2.40. The summed E-state index contributed by atoms with van der Waals surface area (Å²) in [5.41, 5.74) is 1.46. The van der Waals surface area contributed by atoms with Gasteiger partial charge in [0.2, 0.25) is 0 Å². The average Bonchev–Trinajstić information content (AvgIpc) is 2.83. The summed E-state index contributed by atoms with van der Waals surface area (Å²) in [5.74, 6) is 3.86. The van der Waals surface area contributed by atoms with Gasteiger partial charge in [0.25, 0.3) is 0 Å². The van der Waals surface area contributed by atoms with Gasteiger partial charge < -0.3 is 9.84 Å². The summed E-state index contributed by atoms with van der Waals surface area (Å²) < 4.78 is 19.0. The van der Waals surface area contributed by atoms with Gasteiger partial charge in [-0.05, 0) is 93.0 Å². The Hall–Kier alpha value is -0.410. The second-order valence-corrected chi connectivity index (χ2v) is 11.1. The normalized spacial score (nSPS) is 33.1. The van der Waals surface area contributed by atoms with Gasteiger partial charge in [-0.2, -0.15) is 0 Å². The lowest BCUT2D eigenvalue weighted by Gasteiger charge is -2.35. The molecular weight excluding hydrogens is 387 g/mol. The number of allylic oxidation sites excluding steroid dienone is 1. The van der Waals surface area contributed by atoms with Crippen LogP contribution in [0, 0.1) is 35.5 Å². The Labute approximate surface area is 191 Å². The molecule has 0 aromatic carbocycles. The maximum Gasteiger partial charge on any atom is 0.0922 e. The van der Waals surface area contributed by atoms with Gasteiger partial charge in [-0.3, -0.25) is 4.39 Å². The molecular formula is C28H49FO2. The highest BCUT2D eigenvalue weighted by Gasteiger charge is 2.29. The zero-order chi connectivity index (χ0) is 21.9. The van der Waals surface area contributed by atoms with E-state index in [9.17, 15) is 9.50 Å². The van der Waals surface area contributed by atoms with E-state index in [4.69, 9.17) is 4.74 Å². The number of hydrogen-bond acceptors (Lipinski definition) is 2. The highest BCUT2D eigenvalue weighted by molar-refractivity contribution is 5.07. The van der Waals surface area contributed by atoms with Crippen molar-refractivity contribution in [1.29, 1.82) is 0 Å². The van der Waals surface area contributed by atoms with Crippen LogP contribution in [-0.2, 0) is 4.74 Å². The van der Waals surface area contributed by atoms with E-state index >= 15 is 0 Å². The van der Waals surface area contributed by atoms with E-state index in [0.717, 1.165) is 43.8 Å². The Morgan fingerprint density at radius 3 is 2.32 bits per heavy atom. The SMILES string of the molecule is CCCCCC1CCC(C(CO)COCC2=CCC(C3CCC(CF)CC3)CC2)CC1. The largest absolute Gasteiger partial charge is 0.396 e. The van der Waals surface area contributed by atoms with Crippen LogP contribution >= 0.6 is 0 Å². The smallest absolute Gasteiger partial charge is 0.0922 e. The number of aliphatic hydroxyl groups excluding tert-OH is 1. The summed E-state index contributed by atoms with van der Waals surface area (Å²) in [4.78, 5) is 0. The van der Waals surface area contributed by atoms with Crippen molar-refractivity contribution >= 4 is 0 Å². The second kappa shape index (κ2) is 14.0. The average molecular weight is 437 g/mol. The van der Waals surface area contributed by atoms with E-state index in [-0.39, 0.29) is 13.3 Å². The van der Waals surface area contributed by atoms with Crippen LogP contribution in [0.1, 0.15) is 103 Å². The third-order valence-electron chi connectivity index (χ3n) is 8.95. The Morgan fingerprint density at radius 2 is 1.71 bits per heavy atom. The molecule has 2 unspecified atom stereocenters. The lowest BCUT2D eigenvalue weighted by Crippen LogP contribution is -2.28. The first kappa shape index (κ1) is 25.2. The highest BCUT2D eigenvalue weighted by atomic mass is 19.1. The molecule has 0 radical (unpaired) electrons. The van der Waals surface area contributed by atoms with Crippen LogP contribution in [0.4, 0.5) is 4.39 Å². The van der Waals surface area contributed by atoms with Crippen LogP contribution in [0.5, 0.6) is 0 Å². The lowest BCUT2D eigenvalue weighted by molar-refractivity contribution is 0.0387. The number of aliphatic hydroxyl groups is 1. The van der Waals surface area contributed by atoms with Crippen molar-refractivity contribution in [1.82, 2.24) is 0 Å². The minimum absolute atomic E-state index is 0.117. The van der Waals surface area contributed by atoms with E-state index in [1.54, 1.807) is 0 Å². The molecule has 2 atom stereocenters. The quantitative estimate of drug-likeness (QED) is 0.253. The van der Waals surface area contributed by atoms with Gasteiger partial charge in [0.1, 0.15) is 0 Å². The molecule has 1 N–H and O–H groups in total. The van der Waals surface area contributed by atoms with E-state index in [2.05, 4.69) is 13.0 Å². The number of alkyl halides is 1. The molecule has 3 rings (SSSR count). The van der Waals surface area contributed by atoms with Gasteiger partial charge >= 0.3 is 0 Å². The molecule has 0 spiro atoms. The Morgan fingerprint density at radius 1 is 0.968 bits per heavy atom. The van der Waals surface area contributed by atoms with Crippen molar-refractivity contribution < 1.29 is 14.2 Å². The summed E-state index contributed by atoms with van der Waals surface area (Å²) in [6, 6.07) is 0. The molecule has 2 fully saturated rings. The van der Waals surface area contributed by atoms with Crippen LogP contribution in [0.3, 0.4) is 0 Å². The minimum atomic E-state index is -0.117. The molecule has 2 nitrogen and oxygen atoms in total. The molecule has 0 amide bonds. The summed E-state index contributed by atoms with van der Waals surface area (Å²) >= 11 is 0. The minimum Gasteiger partial charge on any atom is -0.396 e. The van der Waals surface area contributed by atoms with Gasteiger partial charge in [0.05, 0.1) is 19.9 Å². The summed E-state index contributed by atoms with van der Waals surface area (Å²) in [6.07, 6.45) is 21.5. The fourth-order valence-electron chi connectivity index (χ4n) is 6.59. The van der Waals surface area contributed by atoms with Gasteiger partial charge in [-0.25, -0.2) is 0 Å². The van der Waals surface area contributed by atoms with Gasteiger partial charge in [-0.15, -0.1) is 0 Å². The van der Waals surface area contributed by atoms with E-state index in [0.29, 0.717) is 17.8 Å². The van der Waals surface area contributed by atoms with Gasteiger partial charge in [0.15, 0.2) is 0 Å². The van der Waals surface area contributed by atoms with E-state index < -0.39 is 0 Å². The third-order valence-corrected chi connectivity index (χ3v) is 8.95. The first-order valence-electron chi connectivity index (χ1n) is 13.7. The summed E-state index contributed by atoms with van der Waals surface area (Å²) in [6.45, 7) is 3.91. The predicted molar refractivity (Wildman–Crippen MR) is 128 cm³/mol. The Balaban J connectivity index is 1.31. The zero-order valence-corrected chi connectivity index (χ0v) is 20.2. The van der Waals surface area contributed by atoms with Gasteiger partial charge in [0, 0.05) is 12.5 Å². The molecule has 3 aliphatic carbocycles. The van der Waals surface area contributed by atoms with Crippen LogP contribution < -0.4 is 0 Å². The van der Waals surface area contributed by atoms with Crippen LogP contribution in [0.15, 0.2) is 11.6 Å². The predicted octanol–water partition coefficient (Wildman–Crippen LogP) is 7.50. The number of hydrogen-bond donors (Lipinski definition) is 1. The monoisotopic (exact) mass is 436 g/mol. The van der Waals surface area contributed by atoms with Crippen molar-refractivity contribution in [2.45, 2.75) is 103 Å². The summed E-state index contributed by atoms with van der Waals surface area (Å²) in [7, 11) is 0. The molecule has 0 heterocycles. The standard InChI is InChI=1S/C28H49FO2/c1-2-3-4-5-22-6-12-27(13-7-22)28(19-30)21-31-20-24-10-16-26(17-11-24)25-14-8-23(18-29)9-15-25/h10,22-23,25-28,30H,2-9,11-21H2,1H3. The van der Waals surface area contributed by atoms with Crippen molar-refractivity contribution in [3.63, 3.8) is 0 Å². The second-order valence-electron chi connectivity index (χ2n) is 11.1. The van der Waals surface area contributed by atoms with Crippen LogP contribution in [-0.4, -0.2) is 31.6 Å². The van der Waals surface area contributed by atoms with E-state index in [1.807, 2.05) is 0 Å². The molecule has 2 saturated carbocycles. The maximum atomic E-state index is 12.9. The maximum absolute atomic E-state index is 12.9. The Kier molecular flexibility index (Phi) is 11.4. The van der Waals surface area contributed by atoms with Gasteiger partial charge in [-0.1, -0.05) is 51.5 Å². The number of unbranched alkanes of at least 4 members (excludes halogenated alkanes) is 2. The molecule has 3 aliphatic rings. The molecule has 31 heavy (non-hydrogen) atoms. The number of rotatable bonds is 12. The summed E-state index contributed by atoms with van der Waals surface area (Å²) in [5, 5.41) is 9.95. The van der Waals surface area contributed by atoms with Crippen molar-refractivity contribution in [3.8, 4) is 0 Å². The molecule has 0 aromatic rings. The zero-order valence-electron chi connectivity index (χ0n) is 20.2. The third kappa shape index (κ3) is 8.14. The molecule has 180 valence electrons. The van der Waals surface area contributed by atoms with Crippen LogP contribution in [0.2, 0.25) is 0 Å². The number of ether oxygens (including phenoxy) is 1. The number of halogens is 1. The fourth-order valence-corrected chi connectivity index (χ4v) is 6.59. The topological polar surface area (TPSA) is 29.5 Å². The van der Waals surface area contributed by atoms with Crippen LogP contribution in [0.25, 0.3) is 0 Å². The first-order chi connectivity index (χ1) is 15.2. The van der Waals surface area contributed by atoms with Crippen molar-refractivity contribution in [3.05, 3.63) is 11.6 Å². The molecule has 0 saturated heterocycles. The lowest BCUT2D eigenvalue weighted by atomic mass is 9.72. The Bertz CT molecular complexity index is 503.